The maximum atomic E-state index is 11.6. The van der Waals surface area contributed by atoms with E-state index in [-0.39, 0.29) is 17.0 Å². The van der Waals surface area contributed by atoms with Crippen LogP contribution < -0.4 is 0 Å². The molecule has 0 aliphatic heterocycles. The zero-order valence-corrected chi connectivity index (χ0v) is 13.6. The molecule has 0 saturated carbocycles. The summed E-state index contributed by atoms with van der Waals surface area (Å²) in [6.45, 7) is 7.40. The normalized spacial score (nSPS) is 11.7. The van der Waals surface area contributed by atoms with Gasteiger partial charge in [0.25, 0.3) is 0 Å². The Morgan fingerprint density at radius 1 is 1.24 bits per heavy atom. The summed E-state index contributed by atoms with van der Waals surface area (Å²) in [6.07, 6.45) is 0. The van der Waals surface area contributed by atoms with Crippen LogP contribution in [0.1, 0.15) is 42.5 Å². The van der Waals surface area contributed by atoms with Crippen LogP contribution in [0.3, 0.4) is 0 Å². The lowest BCUT2D eigenvalue weighted by Gasteiger charge is -2.14. The van der Waals surface area contributed by atoms with E-state index in [4.69, 9.17) is 27.7 Å². The van der Waals surface area contributed by atoms with Crippen molar-refractivity contribution in [2.45, 2.75) is 33.1 Å². The Balaban J connectivity index is 2.78. The van der Waals surface area contributed by atoms with Crippen molar-refractivity contribution in [2.75, 3.05) is 0 Å². The maximum Gasteiger partial charge on any atom is 0.341 e. The van der Waals surface area contributed by atoms with E-state index in [9.17, 15) is 9.90 Å². The highest BCUT2D eigenvalue weighted by Crippen LogP contribution is 2.40. The van der Waals surface area contributed by atoms with Crippen molar-refractivity contribution in [1.82, 2.24) is 5.16 Å². The van der Waals surface area contributed by atoms with Crippen molar-refractivity contribution in [3.05, 3.63) is 39.1 Å². The molecular weight excluding hydrogens is 313 g/mol. The highest BCUT2D eigenvalue weighted by atomic mass is 35.5. The van der Waals surface area contributed by atoms with Crippen LogP contribution in [0, 0.1) is 6.92 Å². The first-order valence-electron chi connectivity index (χ1n) is 6.32. The molecule has 112 valence electrons. The quantitative estimate of drug-likeness (QED) is 0.847. The van der Waals surface area contributed by atoms with Crippen molar-refractivity contribution in [3.63, 3.8) is 0 Å². The van der Waals surface area contributed by atoms with Gasteiger partial charge in [0, 0.05) is 11.0 Å². The van der Waals surface area contributed by atoms with Gasteiger partial charge in [-0.2, -0.15) is 0 Å². The third-order valence-electron chi connectivity index (χ3n) is 3.01. The molecule has 2 aromatic rings. The molecule has 1 heterocycles. The van der Waals surface area contributed by atoms with Crippen LogP contribution >= 0.6 is 23.2 Å². The van der Waals surface area contributed by atoms with E-state index >= 15 is 0 Å². The van der Waals surface area contributed by atoms with Gasteiger partial charge in [-0.3, -0.25) is 0 Å². The van der Waals surface area contributed by atoms with Gasteiger partial charge >= 0.3 is 5.97 Å². The Labute approximate surface area is 132 Å². The first-order valence-corrected chi connectivity index (χ1v) is 7.08. The Hall–Kier alpha value is -1.52. The number of carboxylic acids is 1. The van der Waals surface area contributed by atoms with Gasteiger partial charge in [-0.05, 0) is 24.6 Å². The van der Waals surface area contributed by atoms with Crippen molar-refractivity contribution in [2.24, 2.45) is 0 Å². The average molecular weight is 328 g/mol. The van der Waals surface area contributed by atoms with E-state index in [1.165, 1.54) is 0 Å². The molecule has 1 N–H and O–H groups in total. The van der Waals surface area contributed by atoms with Gasteiger partial charge in [-0.25, -0.2) is 4.79 Å². The van der Waals surface area contributed by atoms with Crippen LogP contribution in [-0.2, 0) is 5.41 Å². The van der Waals surface area contributed by atoms with Crippen molar-refractivity contribution in [1.29, 1.82) is 0 Å². The van der Waals surface area contributed by atoms with E-state index < -0.39 is 11.4 Å². The predicted octanol–water partition coefficient (Wildman–Crippen LogP) is 4.95. The molecule has 1 aromatic carbocycles. The summed E-state index contributed by atoms with van der Waals surface area (Å²) in [6, 6.07) is 3.42. The molecule has 0 spiro atoms. The second-order valence-corrected chi connectivity index (χ2v) is 6.71. The van der Waals surface area contributed by atoms with Gasteiger partial charge in [0.05, 0.1) is 10.0 Å². The summed E-state index contributed by atoms with van der Waals surface area (Å²) >= 11 is 12.4. The number of aromatic carboxylic acids is 1. The summed E-state index contributed by atoms with van der Waals surface area (Å²) in [4.78, 5) is 11.6. The Morgan fingerprint density at radius 2 is 1.76 bits per heavy atom. The van der Waals surface area contributed by atoms with E-state index in [1.54, 1.807) is 12.1 Å². The zero-order chi connectivity index (χ0) is 15.9. The van der Waals surface area contributed by atoms with E-state index in [0.29, 0.717) is 15.6 Å². The number of benzene rings is 1. The summed E-state index contributed by atoms with van der Waals surface area (Å²) in [5, 5.41) is 14.1. The van der Waals surface area contributed by atoms with E-state index in [0.717, 1.165) is 5.56 Å². The molecule has 0 saturated heterocycles. The van der Waals surface area contributed by atoms with Crippen LogP contribution in [0.5, 0.6) is 0 Å². The maximum absolute atomic E-state index is 11.6. The van der Waals surface area contributed by atoms with Crippen molar-refractivity contribution < 1.29 is 14.4 Å². The molecular formula is C15H15Cl2NO3. The first kappa shape index (κ1) is 15.9. The van der Waals surface area contributed by atoms with Crippen LogP contribution in [0.2, 0.25) is 10.0 Å². The average Bonchev–Trinajstić information content (AvgIpc) is 2.71. The fourth-order valence-electron chi connectivity index (χ4n) is 2.10. The van der Waals surface area contributed by atoms with Crippen molar-refractivity contribution in [3.8, 4) is 11.3 Å². The number of carbonyl (C=O) groups is 1. The minimum atomic E-state index is -1.12. The van der Waals surface area contributed by atoms with Gasteiger partial charge in [0.15, 0.2) is 5.76 Å². The molecule has 0 atom stereocenters. The summed E-state index contributed by atoms with van der Waals surface area (Å²) in [5.74, 6) is -0.832. The summed E-state index contributed by atoms with van der Waals surface area (Å²) in [5.41, 5.74) is 0.908. The second-order valence-electron chi connectivity index (χ2n) is 5.89. The molecule has 0 amide bonds. The van der Waals surface area contributed by atoms with Gasteiger partial charge in [0.2, 0.25) is 0 Å². The minimum absolute atomic E-state index is 0.00449. The second kappa shape index (κ2) is 5.35. The number of aromatic nitrogens is 1. The number of hydrogen-bond donors (Lipinski definition) is 1. The third-order valence-corrected chi connectivity index (χ3v) is 3.61. The Kier molecular flexibility index (Phi) is 4.04. The fraction of sp³-hybridized carbons (Fsp3) is 0.333. The molecule has 21 heavy (non-hydrogen) atoms. The fourth-order valence-corrected chi connectivity index (χ4v) is 2.87. The number of rotatable bonds is 2. The number of hydrogen-bond acceptors (Lipinski definition) is 3. The Bertz CT molecular complexity index is 691. The molecule has 4 nitrogen and oxygen atoms in total. The standard InChI is InChI=1S/C15H15Cl2NO3/c1-7-5-8(16)10(9(17)6-7)12-11(14(19)20)13(21-18-12)15(2,3)4/h5-6H,1-4H3,(H,19,20). The molecule has 0 aliphatic rings. The number of carboxylic acid groups (broad SMARTS) is 1. The van der Waals surface area contributed by atoms with Crippen LogP contribution in [0.15, 0.2) is 16.7 Å². The first-order chi connectivity index (χ1) is 9.62. The zero-order valence-electron chi connectivity index (χ0n) is 12.1. The number of halogens is 2. The molecule has 1 aromatic heterocycles. The van der Waals surface area contributed by atoms with Gasteiger partial charge in [-0.15, -0.1) is 0 Å². The summed E-state index contributed by atoms with van der Waals surface area (Å²) < 4.78 is 5.27. The van der Waals surface area contributed by atoms with E-state index in [2.05, 4.69) is 5.16 Å². The monoisotopic (exact) mass is 327 g/mol. The topological polar surface area (TPSA) is 63.3 Å². The van der Waals surface area contributed by atoms with Gasteiger partial charge in [-0.1, -0.05) is 49.1 Å². The van der Waals surface area contributed by atoms with Crippen LogP contribution in [0.25, 0.3) is 11.3 Å². The highest BCUT2D eigenvalue weighted by Gasteiger charge is 2.32. The molecule has 0 aliphatic carbocycles. The lowest BCUT2D eigenvalue weighted by Crippen LogP contribution is -2.15. The smallest absolute Gasteiger partial charge is 0.341 e. The molecule has 0 bridgehead atoms. The highest BCUT2D eigenvalue weighted by molar-refractivity contribution is 6.39. The summed E-state index contributed by atoms with van der Waals surface area (Å²) in [7, 11) is 0. The molecule has 0 radical (unpaired) electrons. The molecule has 0 fully saturated rings. The Morgan fingerprint density at radius 3 is 2.19 bits per heavy atom. The molecule has 0 unspecified atom stereocenters. The van der Waals surface area contributed by atoms with Crippen LogP contribution in [-0.4, -0.2) is 16.2 Å². The van der Waals surface area contributed by atoms with E-state index in [1.807, 2.05) is 27.7 Å². The largest absolute Gasteiger partial charge is 0.477 e. The van der Waals surface area contributed by atoms with Crippen LogP contribution in [0.4, 0.5) is 0 Å². The van der Waals surface area contributed by atoms with Crippen molar-refractivity contribution >= 4 is 29.2 Å². The number of aryl methyl sites for hydroxylation is 1. The van der Waals surface area contributed by atoms with Gasteiger partial charge < -0.3 is 9.63 Å². The predicted molar refractivity (Wildman–Crippen MR) is 82.4 cm³/mol. The lowest BCUT2D eigenvalue weighted by molar-refractivity contribution is 0.0693. The lowest BCUT2D eigenvalue weighted by atomic mass is 9.88. The number of nitrogens with zero attached hydrogens (tertiary/aromatic N) is 1. The molecule has 2 rings (SSSR count). The van der Waals surface area contributed by atoms with Gasteiger partial charge in [0.1, 0.15) is 11.3 Å². The third kappa shape index (κ3) is 2.92. The minimum Gasteiger partial charge on any atom is -0.477 e. The molecule has 6 heteroatoms. The SMILES string of the molecule is Cc1cc(Cl)c(-c2noc(C(C)(C)C)c2C(=O)O)c(Cl)c1.